The number of H-pyrrole nitrogens is 2. The normalized spacial score (nSPS) is 10.8. The zero-order valence-electron chi connectivity index (χ0n) is 5.87. The molecule has 0 fully saturated rings. The highest BCUT2D eigenvalue weighted by atomic mass is 32.1. The van der Waals surface area contributed by atoms with Crippen molar-refractivity contribution in [1.29, 1.82) is 0 Å². The minimum Gasteiger partial charge on any atom is -0.331 e. The van der Waals surface area contributed by atoms with E-state index in [0.717, 1.165) is 10.7 Å². The average Bonchev–Trinajstić information content (AvgIpc) is 2.29. The van der Waals surface area contributed by atoms with Crippen LogP contribution in [-0.2, 0) is 0 Å². The molecule has 2 aromatic rings. The molecule has 0 aliphatic carbocycles. The third kappa shape index (κ3) is 1.21. The molecule has 0 saturated carbocycles. The lowest BCUT2D eigenvalue weighted by molar-refractivity contribution is 0.839. The molecule has 3 nitrogen and oxygen atoms in total. The van der Waals surface area contributed by atoms with Gasteiger partial charge in [-0.15, -0.1) is 12.6 Å². The fraction of sp³-hybridized carbons (Fsp3) is 0. The highest BCUT2D eigenvalue weighted by Gasteiger charge is 1.96. The van der Waals surface area contributed by atoms with Gasteiger partial charge in [0.1, 0.15) is 14.9 Å². The van der Waals surface area contributed by atoms with Crippen LogP contribution in [0.3, 0.4) is 0 Å². The van der Waals surface area contributed by atoms with Crippen molar-refractivity contribution in [3.63, 3.8) is 0 Å². The van der Waals surface area contributed by atoms with E-state index in [0.29, 0.717) is 9.28 Å². The standard InChI is InChI=1S/C6H5N3S3/c10-4-2-6(12)9-3(7-4)1-5(11)8-9/h1-2,12H,(H,7,10)(H,8,11). The number of aromatic amines is 2. The van der Waals surface area contributed by atoms with E-state index in [9.17, 15) is 0 Å². The summed E-state index contributed by atoms with van der Waals surface area (Å²) in [5.74, 6) is 0. The Morgan fingerprint density at radius 3 is 2.75 bits per heavy atom. The quantitative estimate of drug-likeness (QED) is 0.358. The molecule has 0 atom stereocenters. The number of nitrogens with zero attached hydrogens (tertiary/aromatic N) is 1. The van der Waals surface area contributed by atoms with Gasteiger partial charge in [-0.3, -0.25) is 5.10 Å². The molecule has 2 heterocycles. The number of hydrogen-bond donors (Lipinski definition) is 3. The highest BCUT2D eigenvalue weighted by Crippen LogP contribution is 2.08. The molecule has 12 heavy (non-hydrogen) atoms. The molecule has 0 spiro atoms. The summed E-state index contributed by atoms with van der Waals surface area (Å²) < 4.78 is 3.04. The van der Waals surface area contributed by atoms with Gasteiger partial charge in [0.05, 0.1) is 5.03 Å². The Bertz CT molecular complexity index is 533. The number of hydrogen-bond acceptors (Lipinski definition) is 3. The SMILES string of the molecule is S=c1cc(S)n2[nH]c(=S)cc2[nH]1. The third-order valence-electron chi connectivity index (χ3n) is 1.47. The molecular weight excluding hydrogens is 210 g/mol. The second kappa shape index (κ2) is 2.72. The maximum Gasteiger partial charge on any atom is 0.134 e. The molecule has 2 aromatic heterocycles. The summed E-state index contributed by atoms with van der Waals surface area (Å²) in [6, 6.07) is 3.54. The van der Waals surface area contributed by atoms with Gasteiger partial charge in [0.15, 0.2) is 0 Å². The molecule has 0 bridgehead atoms. The van der Waals surface area contributed by atoms with Crippen LogP contribution in [0, 0.1) is 9.28 Å². The summed E-state index contributed by atoms with van der Waals surface area (Å²) in [7, 11) is 0. The van der Waals surface area contributed by atoms with Gasteiger partial charge in [-0.2, -0.15) is 0 Å². The van der Waals surface area contributed by atoms with Crippen molar-refractivity contribution in [3.8, 4) is 0 Å². The third-order valence-corrected chi connectivity index (χ3v) is 2.23. The van der Waals surface area contributed by atoms with E-state index in [4.69, 9.17) is 24.4 Å². The van der Waals surface area contributed by atoms with Crippen LogP contribution in [0.2, 0.25) is 0 Å². The molecule has 0 unspecified atom stereocenters. The maximum absolute atomic E-state index is 4.97. The van der Waals surface area contributed by atoms with Gasteiger partial charge < -0.3 is 4.98 Å². The van der Waals surface area contributed by atoms with Crippen LogP contribution in [0.5, 0.6) is 0 Å². The van der Waals surface area contributed by atoms with Gasteiger partial charge in [0.25, 0.3) is 0 Å². The van der Waals surface area contributed by atoms with Crippen molar-refractivity contribution < 1.29 is 0 Å². The monoisotopic (exact) mass is 215 g/mol. The van der Waals surface area contributed by atoms with Crippen molar-refractivity contribution >= 4 is 42.7 Å². The van der Waals surface area contributed by atoms with Crippen LogP contribution >= 0.6 is 37.1 Å². The molecule has 2 N–H and O–H groups in total. The highest BCUT2D eigenvalue weighted by molar-refractivity contribution is 7.80. The predicted molar refractivity (Wildman–Crippen MR) is 55.0 cm³/mol. The Kier molecular flexibility index (Phi) is 1.82. The molecule has 62 valence electrons. The smallest absolute Gasteiger partial charge is 0.134 e. The Balaban J connectivity index is 3.07. The van der Waals surface area contributed by atoms with Crippen molar-refractivity contribution in [1.82, 2.24) is 14.6 Å². The Morgan fingerprint density at radius 1 is 1.25 bits per heavy atom. The lowest BCUT2D eigenvalue weighted by atomic mass is 10.6. The summed E-state index contributed by atoms with van der Waals surface area (Å²) >= 11 is 14.2. The molecule has 0 aliphatic heterocycles. The minimum absolute atomic E-state index is 0.647. The second-order valence-corrected chi connectivity index (χ2v) is 3.67. The number of thiol groups is 1. The average molecular weight is 215 g/mol. The Morgan fingerprint density at radius 2 is 2.00 bits per heavy atom. The molecular formula is C6H5N3S3. The van der Waals surface area contributed by atoms with Crippen molar-refractivity contribution in [2.24, 2.45) is 0 Å². The van der Waals surface area contributed by atoms with E-state index in [1.54, 1.807) is 16.6 Å². The molecule has 0 aromatic carbocycles. The van der Waals surface area contributed by atoms with Crippen molar-refractivity contribution in [3.05, 3.63) is 21.4 Å². The fourth-order valence-corrected chi connectivity index (χ4v) is 1.80. The lowest BCUT2D eigenvalue weighted by Gasteiger charge is -1.97. The van der Waals surface area contributed by atoms with Gasteiger partial charge in [0, 0.05) is 12.1 Å². The molecule has 2 rings (SSSR count). The van der Waals surface area contributed by atoms with Crippen LogP contribution in [0.1, 0.15) is 0 Å². The lowest BCUT2D eigenvalue weighted by Crippen LogP contribution is -1.91. The summed E-state index contributed by atoms with van der Waals surface area (Å²) in [5.41, 5.74) is 0.831. The van der Waals surface area contributed by atoms with E-state index < -0.39 is 0 Å². The summed E-state index contributed by atoms with van der Waals surface area (Å²) in [6.07, 6.45) is 0. The van der Waals surface area contributed by atoms with Crippen LogP contribution in [0.4, 0.5) is 0 Å². The van der Waals surface area contributed by atoms with Crippen LogP contribution in [0.25, 0.3) is 5.65 Å². The minimum atomic E-state index is 0.647. The Labute approximate surface area is 83.8 Å². The fourth-order valence-electron chi connectivity index (χ4n) is 1.01. The maximum atomic E-state index is 4.97. The van der Waals surface area contributed by atoms with Crippen LogP contribution in [-0.4, -0.2) is 14.6 Å². The topological polar surface area (TPSA) is 36.0 Å². The predicted octanol–water partition coefficient (Wildman–Crippen LogP) is 2.34. The van der Waals surface area contributed by atoms with E-state index in [1.165, 1.54) is 0 Å². The number of aromatic nitrogens is 3. The van der Waals surface area contributed by atoms with Crippen molar-refractivity contribution in [2.75, 3.05) is 0 Å². The number of nitrogens with one attached hydrogen (secondary N) is 2. The largest absolute Gasteiger partial charge is 0.331 e. The van der Waals surface area contributed by atoms with Crippen LogP contribution < -0.4 is 0 Å². The molecule has 0 radical (unpaired) electrons. The molecule has 6 heteroatoms. The van der Waals surface area contributed by atoms with E-state index in [-0.39, 0.29) is 0 Å². The zero-order chi connectivity index (χ0) is 8.72. The summed E-state index contributed by atoms with van der Waals surface area (Å²) in [6.45, 7) is 0. The zero-order valence-corrected chi connectivity index (χ0v) is 8.39. The summed E-state index contributed by atoms with van der Waals surface area (Å²) in [5, 5.41) is 3.67. The Hall–Kier alpha value is -0.590. The van der Waals surface area contributed by atoms with Gasteiger partial charge in [-0.05, 0) is 0 Å². The molecule has 0 amide bonds. The second-order valence-electron chi connectivity index (χ2n) is 2.33. The van der Waals surface area contributed by atoms with E-state index in [1.807, 2.05) is 0 Å². The van der Waals surface area contributed by atoms with E-state index >= 15 is 0 Å². The first-order valence-corrected chi connectivity index (χ1v) is 4.47. The van der Waals surface area contributed by atoms with Crippen LogP contribution in [0.15, 0.2) is 17.2 Å². The van der Waals surface area contributed by atoms with Gasteiger partial charge >= 0.3 is 0 Å². The molecule has 0 saturated heterocycles. The number of rotatable bonds is 0. The van der Waals surface area contributed by atoms with Gasteiger partial charge in [0.2, 0.25) is 0 Å². The van der Waals surface area contributed by atoms with Gasteiger partial charge in [-0.25, -0.2) is 4.52 Å². The number of fused-ring (bicyclic) bond motifs is 1. The van der Waals surface area contributed by atoms with Gasteiger partial charge in [-0.1, -0.05) is 24.4 Å². The van der Waals surface area contributed by atoms with E-state index in [2.05, 4.69) is 22.7 Å². The first kappa shape index (κ1) is 8.03. The first-order chi connectivity index (χ1) is 5.66. The summed E-state index contributed by atoms with van der Waals surface area (Å²) in [4.78, 5) is 2.98. The molecule has 0 aliphatic rings. The van der Waals surface area contributed by atoms with Crippen molar-refractivity contribution in [2.45, 2.75) is 5.03 Å². The first-order valence-electron chi connectivity index (χ1n) is 3.21.